The highest BCUT2D eigenvalue weighted by Crippen LogP contribution is 2.46. The van der Waals surface area contributed by atoms with Gasteiger partial charge >= 0.3 is 0 Å². The molecular weight excluding hydrogens is 486 g/mol. The molecule has 0 aliphatic carbocycles. The summed E-state index contributed by atoms with van der Waals surface area (Å²) in [5, 5.41) is 6.76. The molecule has 178 valence electrons. The Morgan fingerprint density at radius 3 is 2.50 bits per heavy atom. The molecule has 0 spiro atoms. The minimum atomic E-state index is -0.592. The number of nitrogens with zero attached hydrogens (tertiary/aromatic N) is 2. The lowest BCUT2D eigenvalue weighted by molar-refractivity contribution is -0.117. The fraction of sp³-hybridized carbons (Fsp3) is 0.261. The first-order chi connectivity index (χ1) is 16.4. The van der Waals surface area contributed by atoms with E-state index in [1.54, 1.807) is 12.1 Å². The van der Waals surface area contributed by atoms with Gasteiger partial charge < -0.3 is 24.8 Å². The van der Waals surface area contributed by atoms with Crippen molar-refractivity contribution in [2.24, 2.45) is 0 Å². The van der Waals surface area contributed by atoms with Gasteiger partial charge in [0.15, 0.2) is 0 Å². The number of hydrogen-bond donors (Lipinski definition) is 2. The summed E-state index contributed by atoms with van der Waals surface area (Å²) >= 11 is 13.0. The van der Waals surface area contributed by atoms with Crippen molar-refractivity contribution in [2.75, 3.05) is 32.8 Å². The highest BCUT2D eigenvalue weighted by Gasteiger charge is 2.30. The molecule has 1 fully saturated rings. The van der Waals surface area contributed by atoms with E-state index in [0.29, 0.717) is 41.2 Å². The van der Waals surface area contributed by atoms with E-state index < -0.39 is 5.82 Å². The SMILES string of the molecule is C=CC(=O)N[C@H]1COC[C@H]1Nc1ncc2cc(-c3c(Cl)c(OC)cc(OC)c3Cl)cc(F)c2n1. The van der Waals surface area contributed by atoms with E-state index in [4.69, 9.17) is 37.4 Å². The Kier molecular flexibility index (Phi) is 7.06. The Balaban J connectivity index is 1.69. The van der Waals surface area contributed by atoms with Crippen LogP contribution in [0.25, 0.3) is 22.0 Å². The van der Waals surface area contributed by atoms with Gasteiger partial charge in [-0.05, 0) is 23.8 Å². The van der Waals surface area contributed by atoms with Crippen LogP contribution in [0, 0.1) is 5.82 Å². The minimum absolute atomic E-state index is 0.106. The molecule has 1 aliphatic heterocycles. The van der Waals surface area contributed by atoms with Crippen LogP contribution in [-0.4, -0.2) is 55.4 Å². The van der Waals surface area contributed by atoms with Crippen LogP contribution >= 0.6 is 23.2 Å². The summed E-state index contributed by atoms with van der Waals surface area (Å²) in [4.78, 5) is 20.3. The van der Waals surface area contributed by atoms with Crippen LogP contribution in [0.5, 0.6) is 11.5 Å². The number of nitrogens with one attached hydrogen (secondary N) is 2. The first-order valence-corrected chi connectivity index (χ1v) is 11.0. The molecule has 1 amide bonds. The van der Waals surface area contributed by atoms with E-state index in [0.717, 1.165) is 0 Å². The summed E-state index contributed by atoms with van der Waals surface area (Å²) in [7, 11) is 2.93. The maximum atomic E-state index is 15.2. The molecule has 11 heteroatoms. The van der Waals surface area contributed by atoms with Gasteiger partial charge in [0.05, 0.1) is 49.6 Å². The quantitative estimate of drug-likeness (QED) is 0.462. The number of amides is 1. The largest absolute Gasteiger partial charge is 0.495 e. The summed E-state index contributed by atoms with van der Waals surface area (Å²) in [6, 6.07) is 3.94. The van der Waals surface area contributed by atoms with E-state index in [1.807, 2.05) is 0 Å². The Morgan fingerprint density at radius 1 is 1.18 bits per heavy atom. The van der Waals surface area contributed by atoms with Gasteiger partial charge in [0, 0.05) is 23.2 Å². The summed E-state index contributed by atoms with van der Waals surface area (Å²) in [5.41, 5.74) is 0.887. The van der Waals surface area contributed by atoms with Gasteiger partial charge in [0.25, 0.3) is 0 Å². The first-order valence-electron chi connectivity index (χ1n) is 10.2. The second-order valence-electron chi connectivity index (χ2n) is 7.48. The van der Waals surface area contributed by atoms with Crippen LogP contribution in [0.2, 0.25) is 10.0 Å². The predicted octanol–water partition coefficient (Wildman–Crippen LogP) is 4.24. The third-order valence-electron chi connectivity index (χ3n) is 5.41. The van der Waals surface area contributed by atoms with Gasteiger partial charge in [-0.1, -0.05) is 29.8 Å². The number of aromatic nitrogens is 2. The van der Waals surface area contributed by atoms with Crippen molar-refractivity contribution in [1.29, 1.82) is 0 Å². The van der Waals surface area contributed by atoms with E-state index in [9.17, 15) is 4.79 Å². The molecule has 0 saturated carbocycles. The molecule has 2 atom stereocenters. The van der Waals surface area contributed by atoms with Gasteiger partial charge in [-0.25, -0.2) is 14.4 Å². The highest BCUT2D eigenvalue weighted by atomic mass is 35.5. The number of carbonyl (C=O) groups is 1. The van der Waals surface area contributed by atoms with Crippen LogP contribution in [0.1, 0.15) is 0 Å². The van der Waals surface area contributed by atoms with Gasteiger partial charge in [-0.15, -0.1) is 0 Å². The standard InChI is InChI=1S/C23H21Cl2FN4O4/c1-4-18(31)28-14-9-34-10-15(14)29-23-27-8-12-5-11(6-13(26)22(12)30-23)19-20(24)16(32-2)7-17(33-3)21(19)25/h4-8,14-15H,1,9-10H2,2-3H3,(H,28,31)(H,27,29,30)/t14-,15+/m0/s1. The second-order valence-corrected chi connectivity index (χ2v) is 8.24. The minimum Gasteiger partial charge on any atom is -0.495 e. The maximum Gasteiger partial charge on any atom is 0.243 e. The molecular formula is C23H21Cl2FN4O4. The Bertz CT molecular complexity index is 1250. The lowest BCUT2D eigenvalue weighted by atomic mass is 10.0. The molecule has 2 N–H and O–H groups in total. The third-order valence-corrected chi connectivity index (χ3v) is 6.16. The van der Waals surface area contributed by atoms with Crippen LogP contribution < -0.4 is 20.1 Å². The number of fused-ring (bicyclic) bond motifs is 1. The number of anilines is 1. The molecule has 1 aromatic heterocycles. The third kappa shape index (κ3) is 4.59. The van der Waals surface area contributed by atoms with Gasteiger partial charge in [-0.3, -0.25) is 4.79 Å². The van der Waals surface area contributed by atoms with E-state index >= 15 is 4.39 Å². The normalized spacial score (nSPS) is 17.4. The van der Waals surface area contributed by atoms with Crippen molar-refractivity contribution in [1.82, 2.24) is 15.3 Å². The van der Waals surface area contributed by atoms with E-state index in [1.165, 1.54) is 32.6 Å². The van der Waals surface area contributed by atoms with Crippen molar-refractivity contribution in [3.8, 4) is 22.6 Å². The zero-order valence-electron chi connectivity index (χ0n) is 18.3. The van der Waals surface area contributed by atoms with Crippen LogP contribution in [0.15, 0.2) is 37.1 Å². The zero-order valence-corrected chi connectivity index (χ0v) is 19.8. The first kappa shape index (κ1) is 24.0. The molecule has 0 unspecified atom stereocenters. The molecule has 0 bridgehead atoms. The molecule has 2 heterocycles. The Morgan fingerprint density at radius 2 is 1.85 bits per heavy atom. The fourth-order valence-corrected chi connectivity index (χ4v) is 4.42. The number of halogens is 3. The van der Waals surface area contributed by atoms with Gasteiger partial charge in [0.1, 0.15) is 22.8 Å². The second kappa shape index (κ2) is 10.0. The number of carbonyl (C=O) groups excluding carboxylic acids is 1. The summed E-state index contributed by atoms with van der Waals surface area (Å²) in [5.74, 6) is -0.0262. The molecule has 34 heavy (non-hydrogen) atoms. The van der Waals surface area contributed by atoms with Crippen molar-refractivity contribution in [3.05, 3.63) is 52.9 Å². The molecule has 0 radical (unpaired) electrons. The highest BCUT2D eigenvalue weighted by molar-refractivity contribution is 6.41. The maximum absolute atomic E-state index is 15.2. The fourth-order valence-electron chi connectivity index (χ4n) is 3.70. The van der Waals surface area contributed by atoms with Crippen LogP contribution in [-0.2, 0) is 9.53 Å². The predicted molar refractivity (Wildman–Crippen MR) is 128 cm³/mol. The summed E-state index contributed by atoms with van der Waals surface area (Å²) in [6.45, 7) is 4.10. The van der Waals surface area contributed by atoms with Gasteiger partial charge in [-0.2, -0.15) is 0 Å². The lowest BCUT2D eigenvalue weighted by Crippen LogP contribution is -2.45. The van der Waals surface area contributed by atoms with E-state index in [-0.39, 0.29) is 39.5 Å². The Hall–Kier alpha value is -3.14. The summed E-state index contributed by atoms with van der Waals surface area (Å²) < 4.78 is 31.2. The molecule has 1 aliphatic rings. The van der Waals surface area contributed by atoms with Crippen molar-refractivity contribution in [2.45, 2.75) is 12.1 Å². The van der Waals surface area contributed by atoms with Crippen LogP contribution in [0.3, 0.4) is 0 Å². The van der Waals surface area contributed by atoms with E-state index in [2.05, 4.69) is 27.2 Å². The molecule has 3 aromatic rings. The van der Waals surface area contributed by atoms with Crippen LogP contribution in [0.4, 0.5) is 10.3 Å². The summed E-state index contributed by atoms with van der Waals surface area (Å²) in [6.07, 6.45) is 2.68. The average Bonchev–Trinajstić information content (AvgIpc) is 3.26. The average molecular weight is 507 g/mol. The number of hydrogen-bond acceptors (Lipinski definition) is 7. The molecule has 2 aromatic carbocycles. The smallest absolute Gasteiger partial charge is 0.243 e. The Labute approximate surface area is 205 Å². The monoisotopic (exact) mass is 506 g/mol. The number of rotatable bonds is 7. The van der Waals surface area contributed by atoms with Gasteiger partial charge in [0.2, 0.25) is 11.9 Å². The number of benzene rings is 2. The van der Waals surface area contributed by atoms with Crippen molar-refractivity contribution < 1.29 is 23.4 Å². The van der Waals surface area contributed by atoms with Crippen molar-refractivity contribution >= 4 is 46.0 Å². The van der Waals surface area contributed by atoms with Crippen molar-refractivity contribution in [3.63, 3.8) is 0 Å². The molecule has 8 nitrogen and oxygen atoms in total. The molecule has 4 rings (SSSR count). The topological polar surface area (TPSA) is 94.6 Å². The molecule has 1 saturated heterocycles. The lowest BCUT2D eigenvalue weighted by Gasteiger charge is -2.19. The number of methoxy groups -OCH3 is 2. The zero-order chi connectivity index (χ0) is 24.4. The number of ether oxygens (including phenoxy) is 3.